The smallest absolute Gasteiger partial charge is 0.230 e. The van der Waals surface area contributed by atoms with Crippen LogP contribution in [-0.2, 0) is 16.8 Å². The van der Waals surface area contributed by atoms with Gasteiger partial charge >= 0.3 is 0 Å². The molecule has 1 saturated carbocycles. The van der Waals surface area contributed by atoms with Gasteiger partial charge in [0.25, 0.3) is 0 Å². The third-order valence-electron chi connectivity index (χ3n) is 4.40. The lowest BCUT2D eigenvalue weighted by Crippen LogP contribution is -2.49. The summed E-state index contributed by atoms with van der Waals surface area (Å²) < 4.78 is 13.1. The molecule has 0 atom stereocenters. The molecule has 0 aromatic heterocycles. The molecule has 0 aliphatic heterocycles. The topological polar surface area (TPSA) is 29.1 Å². The van der Waals surface area contributed by atoms with Crippen LogP contribution in [0.1, 0.15) is 30.4 Å². The lowest BCUT2D eigenvalue weighted by atomic mass is 9.64. The summed E-state index contributed by atoms with van der Waals surface area (Å²) in [5.74, 6) is -0.264. The average molecular weight is 318 g/mol. The fourth-order valence-corrected chi connectivity index (χ4v) is 3.03. The van der Waals surface area contributed by atoms with Crippen LogP contribution in [0.3, 0.4) is 0 Å². The van der Waals surface area contributed by atoms with Crippen molar-refractivity contribution < 1.29 is 9.18 Å². The van der Waals surface area contributed by atoms with Crippen molar-refractivity contribution >= 4 is 17.5 Å². The molecule has 0 radical (unpaired) electrons. The summed E-state index contributed by atoms with van der Waals surface area (Å²) in [6.45, 7) is 0.471. The van der Waals surface area contributed by atoms with Gasteiger partial charge in [-0.1, -0.05) is 42.3 Å². The van der Waals surface area contributed by atoms with Crippen molar-refractivity contribution in [2.24, 2.45) is 0 Å². The molecule has 2 nitrogen and oxygen atoms in total. The van der Waals surface area contributed by atoms with Crippen LogP contribution in [0.2, 0.25) is 5.02 Å². The highest BCUT2D eigenvalue weighted by molar-refractivity contribution is 6.30. The van der Waals surface area contributed by atoms with Crippen molar-refractivity contribution in [3.05, 3.63) is 70.5 Å². The van der Waals surface area contributed by atoms with E-state index in [-0.39, 0.29) is 11.7 Å². The van der Waals surface area contributed by atoms with Crippen LogP contribution >= 0.6 is 11.6 Å². The predicted molar refractivity (Wildman–Crippen MR) is 85.2 cm³/mol. The fourth-order valence-electron chi connectivity index (χ4n) is 2.90. The third kappa shape index (κ3) is 2.86. The molecule has 0 heterocycles. The van der Waals surface area contributed by atoms with E-state index in [1.54, 1.807) is 12.1 Å². The molecule has 4 heteroatoms. The van der Waals surface area contributed by atoms with E-state index < -0.39 is 5.41 Å². The second-order valence-electron chi connectivity index (χ2n) is 5.75. The van der Waals surface area contributed by atoms with Crippen molar-refractivity contribution in [1.29, 1.82) is 0 Å². The number of halogens is 2. The Morgan fingerprint density at radius 2 is 1.73 bits per heavy atom. The maximum atomic E-state index is 13.1. The van der Waals surface area contributed by atoms with Crippen molar-refractivity contribution in [3.63, 3.8) is 0 Å². The van der Waals surface area contributed by atoms with Crippen LogP contribution < -0.4 is 5.32 Å². The van der Waals surface area contributed by atoms with Gasteiger partial charge in [0, 0.05) is 11.6 Å². The van der Waals surface area contributed by atoms with E-state index in [0.29, 0.717) is 11.6 Å². The summed E-state index contributed by atoms with van der Waals surface area (Å²) in [6, 6.07) is 13.7. The number of nitrogens with one attached hydrogen (secondary N) is 1. The van der Waals surface area contributed by atoms with Gasteiger partial charge in [0.05, 0.1) is 5.41 Å². The van der Waals surface area contributed by atoms with Gasteiger partial charge in [-0.2, -0.15) is 0 Å². The number of amides is 1. The van der Waals surface area contributed by atoms with Crippen LogP contribution in [0.15, 0.2) is 48.5 Å². The van der Waals surface area contributed by atoms with Crippen LogP contribution in [0.25, 0.3) is 0 Å². The Bertz CT molecular complexity index is 662. The number of hydrogen-bond acceptors (Lipinski definition) is 1. The lowest BCUT2D eigenvalue weighted by molar-refractivity contribution is -0.130. The number of carbonyl (C=O) groups excluding carboxylic acids is 1. The van der Waals surface area contributed by atoms with E-state index >= 15 is 0 Å². The monoisotopic (exact) mass is 317 g/mol. The molecule has 1 aliphatic carbocycles. The zero-order valence-corrected chi connectivity index (χ0v) is 12.9. The fraction of sp³-hybridized carbons (Fsp3) is 0.278. The zero-order chi connectivity index (χ0) is 15.6. The number of carbonyl (C=O) groups is 1. The molecule has 0 unspecified atom stereocenters. The quantitative estimate of drug-likeness (QED) is 0.899. The van der Waals surface area contributed by atoms with Crippen molar-refractivity contribution in [2.45, 2.75) is 31.2 Å². The predicted octanol–water partition coefficient (Wildman–Crippen LogP) is 4.22. The summed E-state index contributed by atoms with van der Waals surface area (Å²) in [7, 11) is 0. The molecule has 0 bridgehead atoms. The third-order valence-corrected chi connectivity index (χ3v) is 4.66. The number of benzene rings is 2. The second-order valence-corrected chi connectivity index (χ2v) is 6.19. The first-order chi connectivity index (χ1) is 10.6. The van der Waals surface area contributed by atoms with Crippen molar-refractivity contribution in [1.82, 2.24) is 5.32 Å². The minimum atomic E-state index is -0.500. The van der Waals surface area contributed by atoms with Gasteiger partial charge in [-0.05, 0) is 48.2 Å². The van der Waals surface area contributed by atoms with Gasteiger partial charge in [0.1, 0.15) is 5.82 Å². The van der Waals surface area contributed by atoms with E-state index in [4.69, 9.17) is 11.6 Å². The Balaban J connectivity index is 1.71. The van der Waals surface area contributed by atoms with Gasteiger partial charge in [-0.3, -0.25) is 4.79 Å². The summed E-state index contributed by atoms with van der Waals surface area (Å²) in [5.41, 5.74) is 1.40. The van der Waals surface area contributed by atoms with Crippen molar-refractivity contribution in [2.75, 3.05) is 0 Å². The molecule has 3 rings (SSSR count). The van der Waals surface area contributed by atoms with E-state index in [2.05, 4.69) is 5.32 Å². The molecule has 1 N–H and O–H groups in total. The summed E-state index contributed by atoms with van der Waals surface area (Å²) in [4.78, 5) is 12.6. The van der Waals surface area contributed by atoms with Crippen LogP contribution in [0.4, 0.5) is 4.39 Å². The summed E-state index contributed by atoms with van der Waals surface area (Å²) >= 11 is 5.85. The average Bonchev–Trinajstić information content (AvgIpc) is 2.47. The first-order valence-corrected chi connectivity index (χ1v) is 7.77. The van der Waals surface area contributed by atoms with Gasteiger partial charge in [-0.15, -0.1) is 0 Å². The van der Waals surface area contributed by atoms with E-state index in [1.165, 1.54) is 12.1 Å². The number of hydrogen-bond donors (Lipinski definition) is 1. The Morgan fingerprint density at radius 3 is 2.27 bits per heavy atom. The maximum absolute atomic E-state index is 13.1. The number of rotatable bonds is 4. The Hall–Kier alpha value is -1.87. The highest BCUT2D eigenvalue weighted by atomic mass is 35.5. The molecule has 2 aromatic carbocycles. The highest BCUT2D eigenvalue weighted by Gasteiger charge is 2.45. The molecule has 1 fully saturated rings. The van der Waals surface area contributed by atoms with Crippen LogP contribution in [0, 0.1) is 5.82 Å². The standard InChI is InChI=1S/C18H17ClFNO/c19-15-6-2-13(3-7-15)12-21-17(22)18(10-1-11-18)14-4-8-16(20)9-5-14/h2-9H,1,10-12H2,(H,21,22). The summed E-state index contributed by atoms with van der Waals surface area (Å²) in [5, 5.41) is 3.68. The molecular weight excluding hydrogens is 301 g/mol. The van der Waals surface area contributed by atoms with E-state index in [9.17, 15) is 9.18 Å². The van der Waals surface area contributed by atoms with E-state index in [0.717, 1.165) is 30.4 Å². The minimum absolute atomic E-state index is 0.0142. The molecule has 2 aromatic rings. The largest absolute Gasteiger partial charge is 0.351 e. The minimum Gasteiger partial charge on any atom is -0.351 e. The Morgan fingerprint density at radius 1 is 1.09 bits per heavy atom. The van der Waals surface area contributed by atoms with Crippen LogP contribution in [0.5, 0.6) is 0 Å². The zero-order valence-electron chi connectivity index (χ0n) is 12.1. The Labute approximate surface area is 134 Å². The molecule has 114 valence electrons. The van der Waals surface area contributed by atoms with Crippen LogP contribution in [-0.4, -0.2) is 5.91 Å². The second kappa shape index (κ2) is 6.09. The molecule has 0 spiro atoms. The molecule has 1 aliphatic rings. The van der Waals surface area contributed by atoms with E-state index in [1.807, 2.05) is 24.3 Å². The lowest BCUT2D eigenvalue weighted by Gasteiger charge is -2.40. The highest BCUT2D eigenvalue weighted by Crippen LogP contribution is 2.44. The van der Waals surface area contributed by atoms with Gasteiger partial charge in [0.2, 0.25) is 5.91 Å². The molecular formula is C18H17ClFNO. The van der Waals surface area contributed by atoms with Gasteiger partial charge < -0.3 is 5.32 Å². The molecule has 22 heavy (non-hydrogen) atoms. The molecule has 1 amide bonds. The molecule has 0 saturated heterocycles. The van der Waals surface area contributed by atoms with Gasteiger partial charge in [0.15, 0.2) is 0 Å². The first kappa shape index (κ1) is 15.0. The van der Waals surface area contributed by atoms with Crippen molar-refractivity contribution in [3.8, 4) is 0 Å². The summed E-state index contributed by atoms with van der Waals surface area (Å²) in [6.07, 6.45) is 2.64. The Kier molecular flexibility index (Phi) is 4.16. The first-order valence-electron chi connectivity index (χ1n) is 7.39. The normalized spacial score (nSPS) is 15.9. The SMILES string of the molecule is O=C(NCc1ccc(Cl)cc1)C1(c2ccc(F)cc2)CCC1. The maximum Gasteiger partial charge on any atom is 0.230 e. The van der Waals surface area contributed by atoms with Gasteiger partial charge in [-0.25, -0.2) is 4.39 Å².